The van der Waals surface area contributed by atoms with Crippen LogP contribution in [-0.2, 0) is 4.79 Å². The molecule has 51 heavy (non-hydrogen) atoms. The average molecular weight is 724 g/mol. The third-order valence-corrected chi connectivity index (χ3v) is 11.2. The topological polar surface area (TPSA) is 89.8 Å². The molecular weight excluding hydrogens is 631 g/mol. The van der Waals surface area contributed by atoms with E-state index in [0.717, 1.165) is 32.1 Å². The standard InChI is InChI=1S/C46H93NO4/c1-3-5-7-9-11-13-15-17-18-19-20-21-22-23-24-25-26-27-28-29-31-33-35-37-39-41-45(50)46(51)47-43(42-48)44(49)40-38-36-34-32-30-16-14-12-10-8-6-4-2/h43-45,48-50H,3-42H2,1-2H3,(H,47,51). The largest absolute Gasteiger partial charge is 0.394 e. The second kappa shape index (κ2) is 42.1. The predicted molar refractivity (Wildman–Crippen MR) is 222 cm³/mol. The van der Waals surface area contributed by atoms with E-state index in [1.165, 1.54) is 205 Å². The molecule has 0 aliphatic heterocycles. The molecule has 0 rings (SSSR count). The summed E-state index contributed by atoms with van der Waals surface area (Å²) >= 11 is 0. The molecule has 5 heteroatoms. The Bertz CT molecular complexity index is 674. The fourth-order valence-corrected chi connectivity index (χ4v) is 7.55. The van der Waals surface area contributed by atoms with Gasteiger partial charge in [0.15, 0.2) is 0 Å². The molecule has 0 spiro atoms. The Morgan fingerprint density at radius 1 is 0.392 bits per heavy atom. The average Bonchev–Trinajstić information content (AvgIpc) is 3.13. The van der Waals surface area contributed by atoms with Crippen LogP contribution in [0.25, 0.3) is 0 Å². The van der Waals surface area contributed by atoms with Crippen molar-refractivity contribution in [2.24, 2.45) is 0 Å². The van der Waals surface area contributed by atoms with Gasteiger partial charge in [-0.3, -0.25) is 4.79 Å². The van der Waals surface area contributed by atoms with Crippen LogP contribution in [0, 0.1) is 0 Å². The van der Waals surface area contributed by atoms with E-state index in [1.54, 1.807) is 0 Å². The van der Waals surface area contributed by atoms with Crippen molar-refractivity contribution in [1.29, 1.82) is 0 Å². The molecule has 0 heterocycles. The number of nitrogens with one attached hydrogen (secondary N) is 1. The fourth-order valence-electron chi connectivity index (χ4n) is 7.55. The molecule has 3 atom stereocenters. The van der Waals surface area contributed by atoms with Crippen LogP contribution in [0.2, 0.25) is 0 Å². The zero-order valence-electron chi connectivity index (χ0n) is 34.8. The van der Waals surface area contributed by atoms with E-state index >= 15 is 0 Å². The lowest BCUT2D eigenvalue weighted by Crippen LogP contribution is -2.49. The third-order valence-electron chi connectivity index (χ3n) is 11.2. The highest BCUT2D eigenvalue weighted by atomic mass is 16.3. The molecule has 5 nitrogen and oxygen atoms in total. The smallest absolute Gasteiger partial charge is 0.249 e. The van der Waals surface area contributed by atoms with E-state index in [9.17, 15) is 20.1 Å². The number of rotatable bonds is 43. The Morgan fingerprint density at radius 3 is 0.882 bits per heavy atom. The zero-order valence-corrected chi connectivity index (χ0v) is 34.8. The van der Waals surface area contributed by atoms with Crippen LogP contribution in [0.15, 0.2) is 0 Å². The van der Waals surface area contributed by atoms with Crippen molar-refractivity contribution in [2.45, 2.75) is 283 Å². The van der Waals surface area contributed by atoms with E-state index in [0.29, 0.717) is 12.8 Å². The summed E-state index contributed by atoms with van der Waals surface area (Å²) in [6, 6.07) is -0.705. The molecule has 0 fully saturated rings. The lowest BCUT2D eigenvalue weighted by atomic mass is 10.0. The molecule has 0 saturated heterocycles. The molecule has 0 aromatic carbocycles. The number of hydrogen-bond donors (Lipinski definition) is 4. The Morgan fingerprint density at radius 2 is 0.627 bits per heavy atom. The highest BCUT2D eigenvalue weighted by molar-refractivity contribution is 5.80. The summed E-state index contributed by atoms with van der Waals surface area (Å²) in [5.41, 5.74) is 0. The van der Waals surface area contributed by atoms with E-state index in [-0.39, 0.29) is 6.61 Å². The first-order chi connectivity index (χ1) is 25.1. The summed E-state index contributed by atoms with van der Waals surface area (Å²) in [6.45, 7) is 4.24. The third kappa shape index (κ3) is 37.5. The summed E-state index contributed by atoms with van der Waals surface area (Å²) in [6.07, 6.45) is 48.3. The molecule has 306 valence electrons. The van der Waals surface area contributed by atoms with Gasteiger partial charge < -0.3 is 20.6 Å². The minimum Gasteiger partial charge on any atom is -0.394 e. The van der Waals surface area contributed by atoms with Gasteiger partial charge in [-0.25, -0.2) is 0 Å². The molecule has 0 aliphatic rings. The molecule has 0 aromatic rings. The second-order valence-corrected chi connectivity index (χ2v) is 16.3. The SMILES string of the molecule is CCCCCCCCCCCCCCCCCCCCCCCCCCCC(O)C(=O)NC(CO)C(O)CCCCCCCCCCCCCC. The molecule has 4 N–H and O–H groups in total. The molecule has 0 aromatic heterocycles. The lowest BCUT2D eigenvalue weighted by Gasteiger charge is -2.23. The van der Waals surface area contributed by atoms with Crippen LogP contribution < -0.4 is 5.32 Å². The van der Waals surface area contributed by atoms with E-state index < -0.39 is 24.2 Å². The Hall–Kier alpha value is -0.650. The molecule has 0 bridgehead atoms. The van der Waals surface area contributed by atoms with Crippen molar-refractivity contribution in [3.8, 4) is 0 Å². The van der Waals surface area contributed by atoms with Gasteiger partial charge in [-0.05, 0) is 12.8 Å². The molecule has 3 unspecified atom stereocenters. The fraction of sp³-hybridized carbons (Fsp3) is 0.978. The van der Waals surface area contributed by atoms with Crippen molar-refractivity contribution in [3.63, 3.8) is 0 Å². The van der Waals surface area contributed by atoms with Crippen molar-refractivity contribution in [2.75, 3.05) is 6.61 Å². The van der Waals surface area contributed by atoms with Crippen LogP contribution in [0.1, 0.15) is 264 Å². The van der Waals surface area contributed by atoms with E-state index in [4.69, 9.17) is 0 Å². The maximum Gasteiger partial charge on any atom is 0.249 e. The van der Waals surface area contributed by atoms with Gasteiger partial charge in [-0.2, -0.15) is 0 Å². The molecular formula is C46H93NO4. The molecule has 0 aliphatic carbocycles. The van der Waals surface area contributed by atoms with Gasteiger partial charge in [0.2, 0.25) is 5.91 Å². The zero-order chi connectivity index (χ0) is 37.3. The number of aliphatic hydroxyl groups is 3. The molecule has 0 radical (unpaired) electrons. The predicted octanol–water partition coefficient (Wildman–Crippen LogP) is 13.4. The van der Waals surface area contributed by atoms with Crippen LogP contribution in [0.4, 0.5) is 0 Å². The first-order valence-electron chi connectivity index (χ1n) is 23.3. The first-order valence-corrected chi connectivity index (χ1v) is 23.3. The maximum absolute atomic E-state index is 12.5. The Kier molecular flexibility index (Phi) is 41.6. The lowest BCUT2D eigenvalue weighted by molar-refractivity contribution is -0.131. The molecule has 1 amide bonds. The number of carbonyl (C=O) groups excluding carboxylic acids is 1. The summed E-state index contributed by atoms with van der Waals surface area (Å²) in [5.74, 6) is -0.466. The van der Waals surface area contributed by atoms with Crippen LogP contribution >= 0.6 is 0 Å². The highest BCUT2D eigenvalue weighted by Gasteiger charge is 2.23. The van der Waals surface area contributed by atoms with Crippen molar-refractivity contribution in [1.82, 2.24) is 5.32 Å². The first kappa shape index (κ1) is 50.4. The van der Waals surface area contributed by atoms with Crippen LogP contribution in [0.5, 0.6) is 0 Å². The minimum absolute atomic E-state index is 0.308. The molecule has 0 saturated carbocycles. The second-order valence-electron chi connectivity index (χ2n) is 16.3. The summed E-state index contributed by atoms with van der Waals surface area (Å²) in [4.78, 5) is 12.5. The maximum atomic E-state index is 12.5. The number of hydrogen-bond acceptors (Lipinski definition) is 4. The summed E-state index contributed by atoms with van der Waals surface area (Å²) in [7, 11) is 0. The van der Waals surface area contributed by atoms with Gasteiger partial charge >= 0.3 is 0 Å². The van der Waals surface area contributed by atoms with Gasteiger partial charge in [0.1, 0.15) is 6.10 Å². The number of aliphatic hydroxyl groups excluding tert-OH is 3. The van der Waals surface area contributed by atoms with E-state index in [2.05, 4.69) is 19.2 Å². The monoisotopic (exact) mass is 724 g/mol. The number of carbonyl (C=O) groups is 1. The number of unbranched alkanes of at least 4 members (excludes halogenated alkanes) is 35. The van der Waals surface area contributed by atoms with Crippen molar-refractivity contribution < 1.29 is 20.1 Å². The van der Waals surface area contributed by atoms with E-state index in [1.807, 2.05) is 0 Å². The quantitative estimate of drug-likeness (QED) is 0.0472. The Balaban J connectivity index is 3.50. The van der Waals surface area contributed by atoms with Gasteiger partial charge in [0.25, 0.3) is 0 Å². The summed E-state index contributed by atoms with van der Waals surface area (Å²) in [5, 5.41) is 33.3. The summed E-state index contributed by atoms with van der Waals surface area (Å²) < 4.78 is 0. The van der Waals surface area contributed by atoms with Crippen LogP contribution in [0.3, 0.4) is 0 Å². The highest BCUT2D eigenvalue weighted by Crippen LogP contribution is 2.17. The normalized spacial score (nSPS) is 13.4. The van der Waals surface area contributed by atoms with Gasteiger partial charge in [-0.1, -0.05) is 251 Å². The van der Waals surface area contributed by atoms with Gasteiger partial charge in [0.05, 0.1) is 18.8 Å². The number of amides is 1. The van der Waals surface area contributed by atoms with Gasteiger partial charge in [-0.15, -0.1) is 0 Å². The van der Waals surface area contributed by atoms with Gasteiger partial charge in [0, 0.05) is 0 Å². The van der Waals surface area contributed by atoms with Crippen molar-refractivity contribution >= 4 is 5.91 Å². The Labute approximate surface area is 319 Å². The van der Waals surface area contributed by atoms with Crippen LogP contribution in [-0.4, -0.2) is 46.1 Å². The minimum atomic E-state index is -1.07. The van der Waals surface area contributed by atoms with Crippen molar-refractivity contribution in [3.05, 3.63) is 0 Å².